The molecule has 1 amide bonds. The second-order valence-electron chi connectivity index (χ2n) is 6.87. The minimum Gasteiger partial charge on any atom is -0.368 e. The molecular formula is C14H24N2O2. The number of piperidine rings is 1. The van der Waals surface area contributed by atoms with E-state index >= 15 is 0 Å². The minimum atomic E-state index is -0.142. The summed E-state index contributed by atoms with van der Waals surface area (Å²) in [7, 11) is 0. The molecule has 4 saturated heterocycles. The van der Waals surface area contributed by atoms with Gasteiger partial charge in [-0.15, -0.1) is 0 Å². The molecular weight excluding hydrogens is 228 g/mol. The summed E-state index contributed by atoms with van der Waals surface area (Å²) < 4.78 is 5.53. The maximum atomic E-state index is 12.4. The number of amides is 1. The third-order valence-corrected chi connectivity index (χ3v) is 4.60. The van der Waals surface area contributed by atoms with Gasteiger partial charge in [0.05, 0.1) is 0 Å². The molecule has 4 rings (SSSR count). The molecule has 4 nitrogen and oxygen atoms in total. The van der Waals surface area contributed by atoms with Crippen LogP contribution >= 0.6 is 0 Å². The molecule has 0 aromatic heterocycles. The second kappa shape index (κ2) is 4.20. The highest BCUT2D eigenvalue weighted by molar-refractivity contribution is 5.82. The highest BCUT2D eigenvalue weighted by Crippen LogP contribution is 2.36. The number of carbonyl (C=O) groups excluding carboxylic acids is 1. The fourth-order valence-electron chi connectivity index (χ4n) is 3.46. The van der Waals surface area contributed by atoms with Crippen LogP contribution < -0.4 is 0 Å². The molecule has 0 saturated carbocycles. The van der Waals surface area contributed by atoms with Crippen molar-refractivity contribution in [1.29, 1.82) is 0 Å². The van der Waals surface area contributed by atoms with Gasteiger partial charge in [0.2, 0.25) is 0 Å². The van der Waals surface area contributed by atoms with Crippen LogP contribution in [0.1, 0.15) is 40.0 Å². The summed E-state index contributed by atoms with van der Waals surface area (Å²) in [5.41, 5.74) is 0.218. The van der Waals surface area contributed by atoms with E-state index in [0.29, 0.717) is 12.1 Å². The molecule has 3 atom stereocenters. The Kier molecular flexibility index (Phi) is 2.90. The van der Waals surface area contributed by atoms with Gasteiger partial charge >= 0.3 is 0 Å². The van der Waals surface area contributed by atoms with Crippen LogP contribution in [0.15, 0.2) is 0 Å². The van der Waals surface area contributed by atoms with Gasteiger partial charge in [0.1, 0.15) is 6.10 Å². The summed E-state index contributed by atoms with van der Waals surface area (Å²) in [6.07, 6.45) is 2.99. The third-order valence-electron chi connectivity index (χ3n) is 4.60. The first-order chi connectivity index (χ1) is 8.47. The number of piperazine rings is 1. The summed E-state index contributed by atoms with van der Waals surface area (Å²) in [5.74, 6) is 0.252. The Morgan fingerprint density at radius 2 is 1.89 bits per heavy atom. The number of hydrogen-bond acceptors (Lipinski definition) is 3. The Balaban J connectivity index is 1.63. The van der Waals surface area contributed by atoms with Gasteiger partial charge in [-0.25, -0.2) is 0 Å². The van der Waals surface area contributed by atoms with Crippen molar-refractivity contribution in [3.05, 3.63) is 0 Å². The van der Waals surface area contributed by atoms with E-state index in [1.807, 2.05) is 0 Å². The monoisotopic (exact) mass is 252 g/mol. The van der Waals surface area contributed by atoms with Gasteiger partial charge in [0.25, 0.3) is 5.91 Å². The molecule has 4 heteroatoms. The largest absolute Gasteiger partial charge is 0.368 e. The molecule has 0 radical (unpaired) electrons. The van der Waals surface area contributed by atoms with Gasteiger partial charge in [-0.1, -0.05) is 0 Å². The maximum Gasteiger partial charge on any atom is 0.252 e. The Bertz CT molecular complexity index is 332. The van der Waals surface area contributed by atoms with Gasteiger partial charge < -0.3 is 9.64 Å². The lowest BCUT2D eigenvalue weighted by atomic mass is 9.84. The van der Waals surface area contributed by atoms with Crippen molar-refractivity contribution < 1.29 is 9.53 Å². The van der Waals surface area contributed by atoms with E-state index in [-0.39, 0.29) is 17.6 Å². The molecule has 102 valence electrons. The smallest absolute Gasteiger partial charge is 0.252 e. The molecule has 0 N–H and O–H groups in total. The van der Waals surface area contributed by atoms with E-state index in [9.17, 15) is 4.79 Å². The summed E-state index contributed by atoms with van der Waals surface area (Å²) in [5, 5.41) is 0. The van der Waals surface area contributed by atoms with Crippen molar-refractivity contribution in [3.63, 3.8) is 0 Å². The lowest BCUT2D eigenvalue weighted by Gasteiger charge is -2.59. The molecule has 18 heavy (non-hydrogen) atoms. The zero-order valence-electron chi connectivity index (χ0n) is 11.7. The van der Waals surface area contributed by atoms with Crippen molar-refractivity contribution >= 4 is 5.91 Å². The molecule has 4 heterocycles. The van der Waals surface area contributed by atoms with Crippen molar-refractivity contribution in [2.24, 2.45) is 0 Å². The van der Waals surface area contributed by atoms with Crippen molar-refractivity contribution in [3.8, 4) is 0 Å². The predicted molar refractivity (Wildman–Crippen MR) is 69.3 cm³/mol. The number of ether oxygens (including phenoxy) is 1. The normalized spacial score (nSPS) is 36.6. The highest BCUT2D eigenvalue weighted by atomic mass is 16.5. The van der Waals surface area contributed by atoms with Crippen LogP contribution in [0.5, 0.6) is 0 Å². The van der Waals surface area contributed by atoms with Crippen LogP contribution in [-0.2, 0) is 9.53 Å². The number of carbonyl (C=O) groups is 1. The van der Waals surface area contributed by atoms with Crippen LogP contribution in [0.2, 0.25) is 0 Å². The van der Waals surface area contributed by atoms with E-state index in [2.05, 4.69) is 30.6 Å². The van der Waals surface area contributed by atoms with Gasteiger partial charge in [-0.3, -0.25) is 9.69 Å². The molecule has 4 fully saturated rings. The zero-order valence-corrected chi connectivity index (χ0v) is 11.7. The van der Waals surface area contributed by atoms with Gasteiger partial charge in [-0.2, -0.15) is 0 Å². The quantitative estimate of drug-likeness (QED) is 0.704. The minimum absolute atomic E-state index is 0.142. The first kappa shape index (κ1) is 12.4. The molecule has 4 aliphatic heterocycles. The Morgan fingerprint density at radius 3 is 2.39 bits per heavy atom. The first-order valence-electron chi connectivity index (χ1n) is 7.15. The fraction of sp³-hybridized carbons (Fsp3) is 0.929. The van der Waals surface area contributed by atoms with E-state index in [4.69, 9.17) is 4.74 Å². The van der Waals surface area contributed by atoms with Crippen LogP contribution in [0.25, 0.3) is 0 Å². The van der Waals surface area contributed by atoms with Gasteiger partial charge in [-0.05, 0) is 40.0 Å². The topological polar surface area (TPSA) is 32.8 Å². The average Bonchev–Trinajstić information content (AvgIpc) is 2.81. The van der Waals surface area contributed by atoms with E-state index in [1.54, 1.807) is 0 Å². The van der Waals surface area contributed by atoms with Crippen molar-refractivity contribution in [2.75, 3.05) is 19.7 Å². The SMILES string of the molecule is CC(C)(C)N1CC2CC(C1)N2C(=O)C1CCCO1. The average molecular weight is 252 g/mol. The predicted octanol–water partition coefficient (Wildman–Crippen LogP) is 1.25. The molecule has 0 aromatic carbocycles. The van der Waals surface area contributed by atoms with Gasteiger partial charge in [0, 0.05) is 37.3 Å². The maximum absolute atomic E-state index is 12.4. The number of hydrogen-bond donors (Lipinski definition) is 0. The third kappa shape index (κ3) is 1.95. The van der Waals surface area contributed by atoms with E-state index in [1.165, 1.54) is 6.42 Å². The van der Waals surface area contributed by atoms with E-state index < -0.39 is 0 Å². The zero-order chi connectivity index (χ0) is 12.9. The molecule has 2 bridgehead atoms. The Labute approximate surface area is 109 Å². The molecule has 4 aliphatic rings. The summed E-state index contributed by atoms with van der Waals surface area (Å²) in [6, 6.07) is 0.861. The van der Waals surface area contributed by atoms with Crippen LogP contribution in [0.3, 0.4) is 0 Å². The molecule has 0 aromatic rings. The Hall–Kier alpha value is -0.610. The second-order valence-corrected chi connectivity index (χ2v) is 6.87. The lowest BCUT2D eigenvalue weighted by Crippen LogP contribution is -2.73. The van der Waals surface area contributed by atoms with Crippen molar-refractivity contribution in [2.45, 2.75) is 63.8 Å². The van der Waals surface area contributed by atoms with Crippen molar-refractivity contribution in [1.82, 2.24) is 9.80 Å². The fourth-order valence-corrected chi connectivity index (χ4v) is 3.46. The van der Waals surface area contributed by atoms with Crippen LogP contribution in [0, 0.1) is 0 Å². The van der Waals surface area contributed by atoms with Crippen LogP contribution in [0.4, 0.5) is 0 Å². The number of fused-ring (bicyclic) bond motifs is 2. The van der Waals surface area contributed by atoms with Crippen LogP contribution in [-0.4, -0.2) is 59.1 Å². The molecule has 0 aliphatic carbocycles. The number of rotatable bonds is 1. The molecule has 3 unspecified atom stereocenters. The standard InChI is InChI=1S/C14H24N2O2/c1-14(2,3)15-8-10-7-11(9-15)16(10)13(17)12-5-4-6-18-12/h10-12H,4-9H2,1-3H3. The summed E-state index contributed by atoms with van der Waals surface area (Å²) in [6.45, 7) is 9.57. The van der Waals surface area contributed by atoms with E-state index in [0.717, 1.165) is 32.5 Å². The highest BCUT2D eigenvalue weighted by Gasteiger charge is 2.50. The summed E-state index contributed by atoms with van der Waals surface area (Å²) in [4.78, 5) is 17.0. The summed E-state index contributed by atoms with van der Waals surface area (Å²) >= 11 is 0. The Morgan fingerprint density at radius 1 is 1.22 bits per heavy atom. The first-order valence-corrected chi connectivity index (χ1v) is 7.15. The molecule has 0 spiro atoms. The lowest BCUT2D eigenvalue weighted by molar-refractivity contribution is -0.167. The van der Waals surface area contributed by atoms with Gasteiger partial charge in [0.15, 0.2) is 0 Å². The number of nitrogens with zero attached hydrogens (tertiary/aromatic N) is 2.